The first kappa shape index (κ1) is 10.5. The lowest BCUT2D eigenvalue weighted by Crippen LogP contribution is -2.33. The van der Waals surface area contributed by atoms with Crippen LogP contribution in [0.25, 0.3) is 0 Å². The molecule has 1 unspecified atom stereocenters. The van der Waals surface area contributed by atoms with Crippen LogP contribution >= 0.6 is 11.6 Å². The highest BCUT2D eigenvalue weighted by Gasteiger charge is 2.27. The average Bonchev–Trinajstić information content (AvgIpc) is 2.90. The first-order valence-electron chi connectivity index (χ1n) is 5.20. The third kappa shape index (κ3) is 2.50. The number of nitrogens with one attached hydrogen (secondary N) is 1. The highest BCUT2D eigenvalue weighted by molar-refractivity contribution is 6.30. The third-order valence-electron chi connectivity index (χ3n) is 2.50. The molecule has 1 heterocycles. The van der Waals surface area contributed by atoms with Gasteiger partial charge in [0.25, 0.3) is 0 Å². The van der Waals surface area contributed by atoms with Crippen LogP contribution in [0.15, 0.2) is 12.4 Å². The second-order valence-electron chi connectivity index (χ2n) is 3.85. The van der Waals surface area contributed by atoms with Crippen molar-refractivity contribution in [2.75, 3.05) is 0 Å². The topological polar surface area (TPSA) is 46.9 Å². The standard InChI is InChI=1S/C10H14ClN3O/c1-2-9(10(15)13-8-3-4-8)14-6-7(11)5-12-14/h5-6,8-9H,2-4H2,1H3,(H,13,15). The van der Waals surface area contributed by atoms with Gasteiger partial charge in [-0.2, -0.15) is 5.10 Å². The minimum absolute atomic E-state index is 0.0415. The zero-order valence-electron chi connectivity index (χ0n) is 8.61. The number of amides is 1. The van der Waals surface area contributed by atoms with Gasteiger partial charge in [0.15, 0.2) is 0 Å². The van der Waals surface area contributed by atoms with Gasteiger partial charge in [-0.1, -0.05) is 18.5 Å². The summed E-state index contributed by atoms with van der Waals surface area (Å²) in [6.07, 6.45) is 6.15. The molecule has 1 aliphatic carbocycles. The Balaban J connectivity index is 2.04. The third-order valence-corrected chi connectivity index (χ3v) is 2.70. The van der Waals surface area contributed by atoms with E-state index in [2.05, 4.69) is 10.4 Å². The number of rotatable bonds is 4. The van der Waals surface area contributed by atoms with Gasteiger partial charge in [-0.3, -0.25) is 9.48 Å². The van der Waals surface area contributed by atoms with Gasteiger partial charge in [-0.05, 0) is 19.3 Å². The summed E-state index contributed by atoms with van der Waals surface area (Å²) < 4.78 is 1.63. The van der Waals surface area contributed by atoms with Crippen molar-refractivity contribution in [2.24, 2.45) is 0 Å². The normalized spacial score (nSPS) is 17.5. The molecule has 0 aromatic carbocycles. The lowest BCUT2D eigenvalue weighted by atomic mass is 10.2. The van der Waals surface area contributed by atoms with E-state index in [0.29, 0.717) is 11.1 Å². The Labute approximate surface area is 93.6 Å². The zero-order valence-corrected chi connectivity index (χ0v) is 9.37. The number of carbonyl (C=O) groups is 1. The van der Waals surface area contributed by atoms with Gasteiger partial charge in [-0.15, -0.1) is 0 Å². The molecule has 4 nitrogen and oxygen atoms in total. The summed E-state index contributed by atoms with van der Waals surface area (Å²) in [5, 5.41) is 7.59. The van der Waals surface area contributed by atoms with E-state index in [9.17, 15) is 4.79 Å². The zero-order chi connectivity index (χ0) is 10.8. The van der Waals surface area contributed by atoms with E-state index >= 15 is 0 Å². The van der Waals surface area contributed by atoms with Crippen molar-refractivity contribution in [1.29, 1.82) is 0 Å². The van der Waals surface area contributed by atoms with Crippen LogP contribution < -0.4 is 5.32 Å². The Hall–Kier alpha value is -1.03. The number of nitrogens with zero attached hydrogens (tertiary/aromatic N) is 2. The van der Waals surface area contributed by atoms with Crippen LogP contribution in [-0.2, 0) is 4.79 Å². The van der Waals surface area contributed by atoms with Gasteiger partial charge < -0.3 is 5.32 Å². The van der Waals surface area contributed by atoms with Crippen molar-refractivity contribution in [3.63, 3.8) is 0 Å². The Bertz CT molecular complexity index is 359. The summed E-state index contributed by atoms with van der Waals surface area (Å²) >= 11 is 5.77. The molecule has 0 bridgehead atoms. The molecule has 1 atom stereocenters. The Morgan fingerprint density at radius 1 is 1.80 bits per heavy atom. The maximum Gasteiger partial charge on any atom is 0.245 e. The molecule has 0 saturated heterocycles. The number of hydrogen-bond acceptors (Lipinski definition) is 2. The maximum absolute atomic E-state index is 11.8. The number of aromatic nitrogens is 2. The molecule has 5 heteroatoms. The van der Waals surface area contributed by atoms with Crippen molar-refractivity contribution in [2.45, 2.75) is 38.3 Å². The van der Waals surface area contributed by atoms with Gasteiger partial charge in [0, 0.05) is 12.2 Å². The minimum Gasteiger partial charge on any atom is -0.352 e. The Morgan fingerprint density at radius 3 is 3.00 bits per heavy atom. The lowest BCUT2D eigenvalue weighted by Gasteiger charge is -2.14. The van der Waals surface area contributed by atoms with Crippen molar-refractivity contribution in [1.82, 2.24) is 15.1 Å². The summed E-state index contributed by atoms with van der Waals surface area (Å²) in [6.45, 7) is 1.97. The molecule has 1 saturated carbocycles. The molecule has 0 spiro atoms. The van der Waals surface area contributed by atoms with E-state index in [1.165, 1.54) is 0 Å². The maximum atomic E-state index is 11.8. The van der Waals surface area contributed by atoms with E-state index in [-0.39, 0.29) is 11.9 Å². The molecule has 0 radical (unpaired) electrons. The molecular weight excluding hydrogens is 214 g/mol. The van der Waals surface area contributed by atoms with Gasteiger partial charge in [0.05, 0.1) is 11.2 Å². The molecule has 1 aromatic rings. The fourth-order valence-electron chi connectivity index (χ4n) is 1.50. The molecule has 15 heavy (non-hydrogen) atoms. The van der Waals surface area contributed by atoms with Crippen LogP contribution in [-0.4, -0.2) is 21.7 Å². The molecule has 2 rings (SSSR count). The minimum atomic E-state index is -0.238. The summed E-state index contributed by atoms with van der Waals surface area (Å²) in [5.74, 6) is 0.0415. The molecule has 1 aromatic heterocycles. The Morgan fingerprint density at radius 2 is 2.53 bits per heavy atom. The molecule has 82 valence electrons. The van der Waals surface area contributed by atoms with Gasteiger partial charge in [-0.25, -0.2) is 0 Å². The largest absolute Gasteiger partial charge is 0.352 e. The molecule has 1 fully saturated rings. The molecule has 0 aliphatic heterocycles. The molecule has 1 amide bonds. The van der Waals surface area contributed by atoms with Crippen LogP contribution in [0.1, 0.15) is 32.2 Å². The van der Waals surface area contributed by atoms with Crippen LogP contribution in [0.3, 0.4) is 0 Å². The van der Waals surface area contributed by atoms with Crippen molar-refractivity contribution in [3.8, 4) is 0 Å². The number of halogens is 1. The smallest absolute Gasteiger partial charge is 0.245 e. The Kier molecular flexibility index (Phi) is 2.95. The van der Waals surface area contributed by atoms with E-state index < -0.39 is 0 Å². The quantitative estimate of drug-likeness (QED) is 0.852. The van der Waals surface area contributed by atoms with Gasteiger partial charge in [0.2, 0.25) is 5.91 Å². The van der Waals surface area contributed by atoms with Crippen LogP contribution in [0.4, 0.5) is 0 Å². The van der Waals surface area contributed by atoms with Crippen molar-refractivity contribution < 1.29 is 4.79 Å². The highest BCUT2D eigenvalue weighted by Crippen LogP contribution is 2.21. The van der Waals surface area contributed by atoms with E-state index in [4.69, 9.17) is 11.6 Å². The summed E-state index contributed by atoms with van der Waals surface area (Å²) in [7, 11) is 0. The number of hydrogen-bond donors (Lipinski definition) is 1. The van der Waals surface area contributed by atoms with Crippen LogP contribution in [0, 0.1) is 0 Å². The summed E-state index contributed by atoms with van der Waals surface area (Å²) in [4.78, 5) is 11.8. The SMILES string of the molecule is CCC(C(=O)NC1CC1)n1cc(Cl)cn1. The second-order valence-corrected chi connectivity index (χ2v) is 4.28. The predicted molar refractivity (Wildman–Crippen MR) is 57.7 cm³/mol. The van der Waals surface area contributed by atoms with Gasteiger partial charge in [0.1, 0.15) is 6.04 Å². The van der Waals surface area contributed by atoms with Crippen molar-refractivity contribution >= 4 is 17.5 Å². The number of carbonyl (C=O) groups excluding carboxylic acids is 1. The van der Waals surface area contributed by atoms with E-state index in [0.717, 1.165) is 19.3 Å². The first-order chi connectivity index (χ1) is 7.20. The average molecular weight is 228 g/mol. The van der Waals surface area contributed by atoms with E-state index in [1.54, 1.807) is 17.1 Å². The van der Waals surface area contributed by atoms with E-state index in [1.807, 2.05) is 6.92 Å². The molecule has 1 aliphatic rings. The molecular formula is C10H14ClN3O. The summed E-state index contributed by atoms with van der Waals surface area (Å²) in [5.41, 5.74) is 0. The predicted octanol–water partition coefficient (Wildman–Crippen LogP) is 1.77. The summed E-state index contributed by atoms with van der Waals surface area (Å²) in [6, 6.07) is 0.149. The lowest BCUT2D eigenvalue weighted by molar-refractivity contribution is -0.124. The van der Waals surface area contributed by atoms with Gasteiger partial charge >= 0.3 is 0 Å². The molecule has 1 N–H and O–H groups in total. The van der Waals surface area contributed by atoms with Crippen molar-refractivity contribution in [3.05, 3.63) is 17.4 Å². The van der Waals surface area contributed by atoms with Crippen LogP contribution in [0.2, 0.25) is 5.02 Å². The second kappa shape index (κ2) is 4.23. The highest BCUT2D eigenvalue weighted by atomic mass is 35.5. The monoisotopic (exact) mass is 227 g/mol. The first-order valence-corrected chi connectivity index (χ1v) is 5.58. The van der Waals surface area contributed by atoms with Crippen LogP contribution in [0.5, 0.6) is 0 Å². The fourth-order valence-corrected chi connectivity index (χ4v) is 1.65. The fraction of sp³-hybridized carbons (Fsp3) is 0.600.